The fourth-order valence-electron chi connectivity index (χ4n) is 0.557. The first-order chi connectivity index (χ1) is 3.64. The maximum Gasteiger partial charge on any atom is 0.0418 e. The molecule has 1 rings (SSSR count). The predicted molar refractivity (Wildman–Crippen MR) is 50.9 cm³/mol. The summed E-state index contributed by atoms with van der Waals surface area (Å²) in [5.74, 6) is 0. The molecule has 1 aliphatic carbocycles. The summed E-state index contributed by atoms with van der Waals surface area (Å²) in [7, 11) is 0. The van der Waals surface area contributed by atoms with Crippen molar-refractivity contribution in [1.29, 1.82) is 0 Å². The van der Waals surface area contributed by atoms with E-state index in [1.54, 1.807) is 0 Å². The van der Waals surface area contributed by atoms with Crippen molar-refractivity contribution < 1.29 is 0 Å². The lowest BCUT2D eigenvalue weighted by Gasteiger charge is -2.39. The summed E-state index contributed by atoms with van der Waals surface area (Å²) in [4.78, 5) is 2.30. The van der Waals surface area contributed by atoms with E-state index in [2.05, 4.69) is 63.7 Å². The second-order valence-electron chi connectivity index (χ2n) is 1.78. The highest BCUT2D eigenvalue weighted by Crippen LogP contribution is 2.43. The van der Waals surface area contributed by atoms with Gasteiger partial charge in [0.15, 0.2) is 0 Å². The molecule has 0 nitrogen and oxygen atoms in total. The van der Waals surface area contributed by atoms with Crippen LogP contribution in [-0.4, -0.2) is 19.3 Å². The van der Waals surface area contributed by atoms with Crippen LogP contribution in [0.1, 0.15) is 0 Å². The highest BCUT2D eigenvalue weighted by Gasteiger charge is 2.44. The molecule has 4 heteroatoms. The van der Waals surface area contributed by atoms with Gasteiger partial charge in [-0.1, -0.05) is 63.7 Å². The lowest BCUT2D eigenvalue weighted by atomic mass is 10.00. The topological polar surface area (TPSA) is 0 Å². The van der Waals surface area contributed by atoms with Crippen molar-refractivity contribution in [2.24, 2.45) is 0 Å². The zero-order valence-corrected chi connectivity index (χ0v) is 10.2. The number of hydrogen-bond donors (Lipinski definition) is 0. The standard InChI is InChI=1S/C4H4Br4/c5-1-2(6)4(8)3(1)7/h1-4H. The van der Waals surface area contributed by atoms with Gasteiger partial charge in [0, 0.05) is 19.3 Å². The molecule has 8 heavy (non-hydrogen) atoms. The van der Waals surface area contributed by atoms with E-state index in [1.807, 2.05) is 0 Å². The van der Waals surface area contributed by atoms with Crippen molar-refractivity contribution in [3.63, 3.8) is 0 Å². The number of halogens is 4. The van der Waals surface area contributed by atoms with Crippen LogP contribution in [0.2, 0.25) is 0 Å². The Bertz CT molecular complexity index is 62.0. The Labute approximate surface area is 82.3 Å². The Kier molecular flexibility index (Phi) is 2.90. The van der Waals surface area contributed by atoms with Crippen LogP contribution in [0.5, 0.6) is 0 Å². The zero-order chi connectivity index (χ0) is 6.31. The van der Waals surface area contributed by atoms with Crippen LogP contribution in [0.4, 0.5) is 0 Å². The molecule has 1 aliphatic rings. The Hall–Kier alpha value is 1.92. The van der Waals surface area contributed by atoms with Gasteiger partial charge in [0.05, 0.1) is 0 Å². The summed E-state index contributed by atoms with van der Waals surface area (Å²) in [5.41, 5.74) is 0. The molecule has 1 saturated carbocycles. The minimum atomic E-state index is 0.576. The quantitative estimate of drug-likeness (QED) is 0.574. The van der Waals surface area contributed by atoms with E-state index >= 15 is 0 Å². The molecule has 0 atom stereocenters. The van der Waals surface area contributed by atoms with Crippen molar-refractivity contribution in [2.75, 3.05) is 0 Å². The molecule has 0 heterocycles. The maximum absolute atomic E-state index is 3.51. The minimum Gasteiger partial charge on any atom is -0.0865 e. The van der Waals surface area contributed by atoms with Crippen LogP contribution in [-0.2, 0) is 0 Å². The van der Waals surface area contributed by atoms with Crippen molar-refractivity contribution in [3.05, 3.63) is 0 Å². The van der Waals surface area contributed by atoms with Crippen molar-refractivity contribution in [1.82, 2.24) is 0 Å². The SMILES string of the molecule is BrC1C(Br)C(Br)C1Br. The van der Waals surface area contributed by atoms with Gasteiger partial charge in [-0.15, -0.1) is 0 Å². The summed E-state index contributed by atoms with van der Waals surface area (Å²) in [6.07, 6.45) is 0. The summed E-state index contributed by atoms with van der Waals surface area (Å²) >= 11 is 14.0. The van der Waals surface area contributed by atoms with Gasteiger partial charge in [0.2, 0.25) is 0 Å². The Morgan fingerprint density at radius 3 is 0.750 bits per heavy atom. The smallest absolute Gasteiger partial charge is 0.0418 e. The van der Waals surface area contributed by atoms with E-state index in [4.69, 9.17) is 0 Å². The molecule has 0 unspecified atom stereocenters. The van der Waals surface area contributed by atoms with Crippen LogP contribution in [0.25, 0.3) is 0 Å². The summed E-state index contributed by atoms with van der Waals surface area (Å²) in [6.45, 7) is 0. The van der Waals surface area contributed by atoms with Gasteiger partial charge >= 0.3 is 0 Å². The molecule has 0 radical (unpaired) electrons. The first kappa shape index (κ1) is 8.02. The number of rotatable bonds is 0. The molecule has 0 saturated heterocycles. The maximum atomic E-state index is 3.51. The van der Waals surface area contributed by atoms with Crippen LogP contribution in [0.15, 0.2) is 0 Å². The van der Waals surface area contributed by atoms with Crippen molar-refractivity contribution in [3.8, 4) is 0 Å². The van der Waals surface area contributed by atoms with Gasteiger partial charge in [-0.3, -0.25) is 0 Å². The van der Waals surface area contributed by atoms with Crippen LogP contribution >= 0.6 is 63.7 Å². The average molecular weight is 372 g/mol. The fraction of sp³-hybridized carbons (Fsp3) is 1.00. The van der Waals surface area contributed by atoms with E-state index in [-0.39, 0.29) is 0 Å². The van der Waals surface area contributed by atoms with Crippen molar-refractivity contribution >= 4 is 63.7 Å². The highest BCUT2D eigenvalue weighted by molar-refractivity contribution is 9.16. The first-order valence-corrected chi connectivity index (χ1v) is 5.87. The van der Waals surface area contributed by atoms with Gasteiger partial charge in [-0.05, 0) is 0 Å². The third kappa shape index (κ3) is 1.18. The molecular formula is C4H4Br4. The van der Waals surface area contributed by atoms with E-state index in [1.165, 1.54) is 0 Å². The average Bonchev–Trinajstić information content (AvgIpc) is 1.83. The van der Waals surface area contributed by atoms with E-state index < -0.39 is 0 Å². The second kappa shape index (κ2) is 2.89. The van der Waals surface area contributed by atoms with Crippen molar-refractivity contribution in [2.45, 2.75) is 19.3 Å². The largest absolute Gasteiger partial charge is 0.0865 e. The predicted octanol–water partition coefficient (Wildman–Crippen LogP) is 3.05. The molecule has 48 valence electrons. The Morgan fingerprint density at radius 2 is 0.625 bits per heavy atom. The minimum absolute atomic E-state index is 0.576. The third-order valence-electron chi connectivity index (χ3n) is 1.22. The fourth-order valence-corrected chi connectivity index (χ4v) is 4.83. The van der Waals surface area contributed by atoms with E-state index in [9.17, 15) is 0 Å². The molecule has 1 fully saturated rings. The first-order valence-electron chi connectivity index (χ1n) is 2.21. The van der Waals surface area contributed by atoms with Gasteiger partial charge in [-0.25, -0.2) is 0 Å². The molecule has 0 bridgehead atoms. The van der Waals surface area contributed by atoms with Crippen LogP contribution in [0, 0.1) is 0 Å². The molecule has 0 aromatic heterocycles. The van der Waals surface area contributed by atoms with Crippen LogP contribution in [0.3, 0.4) is 0 Å². The van der Waals surface area contributed by atoms with Crippen LogP contribution < -0.4 is 0 Å². The lowest BCUT2D eigenvalue weighted by Crippen LogP contribution is -2.50. The summed E-state index contributed by atoms with van der Waals surface area (Å²) in [5, 5.41) is 0. The van der Waals surface area contributed by atoms with Gasteiger partial charge in [-0.2, -0.15) is 0 Å². The Balaban J connectivity index is 2.42. The second-order valence-corrected chi connectivity index (χ2v) is 6.01. The highest BCUT2D eigenvalue weighted by atomic mass is 79.9. The monoisotopic (exact) mass is 368 g/mol. The zero-order valence-electron chi connectivity index (χ0n) is 3.82. The number of hydrogen-bond acceptors (Lipinski definition) is 0. The molecule has 0 aliphatic heterocycles. The Morgan fingerprint density at radius 1 is 0.500 bits per heavy atom. The normalized spacial score (nSPS) is 55.5. The summed E-state index contributed by atoms with van der Waals surface area (Å²) < 4.78 is 0. The number of alkyl halides is 4. The van der Waals surface area contributed by atoms with E-state index in [0.717, 1.165) is 0 Å². The van der Waals surface area contributed by atoms with Gasteiger partial charge < -0.3 is 0 Å². The van der Waals surface area contributed by atoms with E-state index in [0.29, 0.717) is 19.3 Å². The molecule has 0 amide bonds. The third-order valence-corrected chi connectivity index (χ3v) is 8.61. The van der Waals surface area contributed by atoms with Gasteiger partial charge in [0.25, 0.3) is 0 Å². The lowest BCUT2D eigenvalue weighted by molar-refractivity contribution is 0.612. The molecule has 0 aromatic rings. The molecule has 0 spiro atoms. The van der Waals surface area contributed by atoms with Gasteiger partial charge in [0.1, 0.15) is 0 Å². The summed E-state index contributed by atoms with van der Waals surface area (Å²) in [6, 6.07) is 0. The molecule has 0 N–H and O–H groups in total. The molecular weight excluding hydrogens is 368 g/mol. The molecule has 0 aromatic carbocycles.